The minimum Gasteiger partial charge on any atom is -0.377 e. The van der Waals surface area contributed by atoms with Gasteiger partial charge in [0.05, 0.1) is 16.8 Å². The fraction of sp³-hybridized carbons (Fsp3) is 0.750. The van der Waals surface area contributed by atoms with Crippen LogP contribution in [0.4, 0.5) is 0 Å². The quantitative estimate of drug-likeness (QED) is 0.860. The van der Waals surface area contributed by atoms with Crippen LogP contribution in [0.1, 0.15) is 24.0 Å². The van der Waals surface area contributed by atoms with Crippen LogP contribution in [0.25, 0.3) is 0 Å². The van der Waals surface area contributed by atoms with Gasteiger partial charge in [-0.3, -0.25) is 4.90 Å². The van der Waals surface area contributed by atoms with Crippen molar-refractivity contribution in [2.45, 2.75) is 38.5 Å². The molecule has 2 rings (SSSR count). The second-order valence-electron chi connectivity index (χ2n) is 4.62. The number of nitrogens with zero attached hydrogens (tertiary/aromatic N) is 2. The number of hydrogen-bond donors (Lipinski definition) is 1. The molecule has 0 radical (unpaired) electrons. The third-order valence-electron chi connectivity index (χ3n) is 3.27. The molecule has 1 aromatic rings. The van der Waals surface area contributed by atoms with E-state index in [4.69, 9.17) is 10.5 Å². The van der Waals surface area contributed by atoms with E-state index in [-0.39, 0.29) is 0 Å². The predicted octanol–water partition coefficient (Wildman–Crippen LogP) is 1.25. The summed E-state index contributed by atoms with van der Waals surface area (Å²) in [5, 5.41) is 3.29. The van der Waals surface area contributed by atoms with Gasteiger partial charge in [-0.15, -0.1) is 11.3 Å². The average Bonchev–Trinajstić information content (AvgIpc) is 2.88. The minimum absolute atomic E-state index is 0.335. The van der Waals surface area contributed by atoms with E-state index in [9.17, 15) is 0 Å². The molecule has 0 amide bonds. The van der Waals surface area contributed by atoms with Gasteiger partial charge in [-0.2, -0.15) is 0 Å². The molecule has 2 heterocycles. The van der Waals surface area contributed by atoms with Crippen LogP contribution in [0.5, 0.6) is 0 Å². The molecule has 5 heteroatoms. The molecule has 0 bridgehead atoms. The number of ether oxygens (including phenoxy) is 1. The molecule has 96 valence electrons. The predicted molar refractivity (Wildman–Crippen MR) is 70.2 cm³/mol. The molecule has 0 aliphatic carbocycles. The summed E-state index contributed by atoms with van der Waals surface area (Å²) in [6.45, 7) is 4.61. The van der Waals surface area contributed by atoms with Gasteiger partial charge in [-0.25, -0.2) is 4.98 Å². The highest BCUT2D eigenvalue weighted by Gasteiger charge is 2.27. The summed E-state index contributed by atoms with van der Waals surface area (Å²) in [6, 6.07) is 0.523. The van der Waals surface area contributed by atoms with Gasteiger partial charge in [0.15, 0.2) is 0 Å². The zero-order valence-electron chi connectivity index (χ0n) is 10.6. The van der Waals surface area contributed by atoms with E-state index in [0.717, 1.165) is 36.7 Å². The molecule has 1 saturated heterocycles. The molecule has 2 unspecified atom stereocenters. The second-order valence-corrected chi connectivity index (χ2v) is 5.56. The van der Waals surface area contributed by atoms with Crippen LogP contribution in [0.3, 0.4) is 0 Å². The van der Waals surface area contributed by atoms with Crippen LogP contribution in [0, 0.1) is 0 Å². The lowest BCUT2D eigenvalue weighted by Crippen LogP contribution is -2.36. The Bertz CT molecular complexity index is 355. The number of rotatable bonds is 5. The zero-order valence-corrected chi connectivity index (χ0v) is 11.4. The van der Waals surface area contributed by atoms with Gasteiger partial charge in [-0.05, 0) is 26.9 Å². The van der Waals surface area contributed by atoms with E-state index in [0.29, 0.717) is 18.7 Å². The summed E-state index contributed by atoms with van der Waals surface area (Å²) in [4.78, 5) is 6.94. The monoisotopic (exact) mass is 255 g/mol. The van der Waals surface area contributed by atoms with Crippen molar-refractivity contribution in [3.8, 4) is 0 Å². The van der Waals surface area contributed by atoms with Gasteiger partial charge >= 0.3 is 0 Å². The highest BCUT2D eigenvalue weighted by Crippen LogP contribution is 2.20. The molecule has 0 saturated carbocycles. The van der Waals surface area contributed by atoms with Crippen molar-refractivity contribution < 1.29 is 4.74 Å². The maximum absolute atomic E-state index is 5.59. The molecule has 1 aliphatic heterocycles. The van der Waals surface area contributed by atoms with Crippen LogP contribution in [-0.2, 0) is 17.7 Å². The smallest absolute Gasteiger partial charge is 0.0941 e. The molecular formula is C12H21N3OS. The highest BCUT2D eigenvalue weighted by molar-refractivity contribution is 7.09. The topological polar surface area (TPSA) is 51.4 Å². The number of hydrogen-bond acceptors (Lipinski definition) is 5. The lowest BCUT2D eigenvalue weighted by atomic mass is 10.1. The molecule has 1 aliphatic rings. The van der Waals surface area contributed by atoms with Crippen LogP contribution >= 0.6 is 11.3 Å². The van der Waals surface area contributed by atoms with Crippen molar-refractivity contribution in [1.29, 1.82) is 0 Å². The third-order valence-corrected chi connectivity index (χ3v) is 4.23. The first-order valence-corrected chi connectivity index (χ1v) is 7.04. The summed E-state index contributed by atoms with van der Waals surface area (Å²) < 4.78 is 5.59. The van der Waals surface area contributed by atoms with E-state index in [1.54, 1.807) is 11.3 Å². The molecule has 2 atom stereocenters. The van der Waals surface area contributed by atoms with E-state index in [1.165, 1.54) is 0 Å². The fourth-order valence-corrected chi connectivity index (χ4v) is 3.14. The van der Waals surface area contributed by atoms with E-state index < -0.39 is 0 Å². The summed E-state index contributed by atoms with van der Waals surface area (Å²) in [7, 11) is 2.15. The normalized spacial score (nSPS) is 24.7. The van der Waals surface area contributed by atoms with Crippen molar-refractivity contribution in [3.63, 3.8) is 0 Å². The first kappa shape index (κ1) is 13.0. The van der Waals surface area contributed by atoms with E-state index >= 15 is 0 Å². The van der Waals surface area contributed by atoms with Crippen LogP contribution in [-0.4, -0.2) is 42.2 Å². The SMILES string of the molecule is CC1OCCC1N(C)Cc1csc(CCN)n1. The molecule has 2 N–H and O–H groups in total. The Balaban J connectivity index is 1.90. The maximum Gasteiger partial charge on any atom is 0.0941 e. The Labute approximate surface area is 107 Å². The van der Waals surface area contributed by atoms with E-state index in [2.05, 4.69) is 29.2 Å². The van der Waals surface area contributed by atoms with Crippen LogP contribution < -0.4 is 5.73 Å². The average molecular weight is 255 g/mol. The number of likely N-dealkylation sites (N-methyl/N-ethyl adjacent to an activating group) is 1. The first-order chi connectivity index (χ1) is 8.20. The standard InChI is InChI=1S/C12H21N3OS/c1-9-11(4-6-16-9)15(2)7-10-8-17-12(14-10)3-5-13/h8-9,11H,3-7,13H2,1-2H3. The van der Waals surface area contributed by atoms with E-state index in [1.807, 2.05) is 0 Å². The number of aromatic nitrogens is 1. The van der Waals surface area contributed by atoms with Crippen molar-refractivity contribution in [2.75, 3.05) is 20.2 Å². The van der Waals surface area contributed by atoms with Crippen molar-refractivity contribution in [2.24, 2.45) is 5.73 Å². The Morgan fingerprint density at radius 1 is 1.65 bits per heavy atom. The van der Waals surface area contributed by atoms with Gasteiger partial charge < -0.3 is 10.5 Å². The van der Waals surface area contributed by atoms with Gasteiger partial charge in [0, 0.05) is 31.0 Å². The Hall–Kier alpha value is -0.490. The molecular weight excluding hydrogens is 234 g/mol. The Kier molecular flexibility index (Phi) is 4.50. The largest absolute Gasteiger partial charge is 0.377 e. The van der Waals surface area contributed by atoms with Gasteiger partial charge in [0.1, 0.15) is 0 Å². The van der Waals surface area contributed by atoms with Gasteiger partial charge in [0.25, 0.3) is 0 Å². The first-order valence-electron chi connectivity index (χ1n) is 6.16. The highest BCUT2D eigenvalue weighted by atomic mass is 32.1. The van der Waals surface area contributed by atoms with Crippen LogP contribution in [0.2, 0.25) is 0 Å². The molecule has 0 aromatic carbocycles. The molecule has 0 spiro atoms. The molecule has 17 heavy (non-hydrogen) atoms. The van der Waals surface area contributed by atoms with Crippen molar-refractivity contribution >= 4 is 11.3 Å². The number of thiazole rings is 1. The van der Waals surface area contributed by atoms with Gasteiger partial charge in [-0.1, -0.05) is 0 Å². The molecule has 4 nitrogen and oxygen atoms in total. The van der Waals surface area contributed by atoms with Crippen LogP contribution in [0.15, 0.2) is 5.38 Å². The second kappa shape index (κ2) is 5.91. The Morgan fingerprint density at radius 3 is 3.12 bits per heavy atom. The third kappa shape index (κ3) is 3.25. The Morgan fingerprint density at radius 2 is 2.47 bits per heavy atom. The maximum atomic E-state index is 5.59. The summed E-state index contributed by atoms with van der Waals surface area (Å²) >= 11 is 1.71. The van der Waals surface area contributed by atoms with Crippen molar-refractivity contribution in [3.05, 3.63) is 16.1 Å². The van der Waals surface area contributed by atoms with Gasteiger partial charge in [0.2, 0.25) is 0 Å². The summed E-state index contributed by atoms with van der Waals surface area (Å²) in [5.74, 6) is 0. The minimum atomic E-state index is 0.335. The summed E-state index contributed by atoms with van der Waals surface area (Å²) in [5.41, 5.74) is 6.68. The van der Waals surface area contributed by atoms with Crippen molar-refractivity contribution in [1.82, 2.24) is 9.88 Å². The lowest BCUT2D eigenvalue weighted by molar-refractivity contribution is 0.0811. The molecule has 1 aromatic heterocycles. The zero-order chi connectivity index (χ0) is 12.3. The number of nitrogens with two attached hydrogens (primary N) is 1. The summed E-state index contributed by atoms with van der Waals surface area (Å²) in [6.07, 6.45) is 2.34. The molecule has 1 fully saturated rings. The lowest BCUT2D eigenvalue weighted by Gasteiger charge is -2.25. The fourth-order valence-electron chi connectivity index (χ4n) is 2.33.